The first-order valence-corrected chi connectivity index (χ1v) is 7.78. The number of nitrogens with one attached hydrogen (secondary N) is 1. The largest absolute Gasteiger partial charge is 0.313 e. The van der Waals surface area contributed by atoms with Crippen molar-refractivity contribution in [3.63, 3.8) is 0 Å². The van der Waals surface area contributed by atoms with Crippen LogP contribution in [0.2, 0.25) is 0 Å². The quantitative estimate of drug-likeness (QED) is 0.552. The van der Waals surface area contributed by atoms with Gasteiger partial charge in [-0.3, -0.25) is 0 Å². The Morgan fingerprint density at radius 1 is 1.33 bits per heavy atom. The van der Waals surface area contributed by atoms with E-state index in [0.29, 0.717) is 5.92 Å². The second-order valence-electron chi connectivity index (χ2n) is 4.73. The van der Waals surface area contributed by atoms with Crippen LogP contribution in [0.4, 0.5) is 4.39 Å². The molecule has 0 spiro atoms. The van der Waals surface area contributed by atoms with Gasteiger partial charge in [-0.25, -0.2) is 4.39 Å². The van der Waals surface area contributed by atoms with Gasteiger partial charge < -0.3 is 5.32 Å². The van der Waals surface area contributed by atoms with Crippen LogP contribution >= 0.6 is 11.8 Å². The Morgan fingerprint density at radius 2 is 2.11 bits per heavy atom. The van der Waals surface area contributed by atoms with Crippen molar-refractivity contribution in [2.45, 2.75) is 45.1 Å². The van der Waals surface area contributed by atoms with Crippen LogP contribution in [0.1, 0.15) is 39.2 Å². The summed E-state index contributed by atoms with van der Waals surface area (Å²) in [6, 6.07) is 5.37. The van der Waals surface area contributed by atoms with E-state index in [4.69, 9.17) is 0 Å². The van der Waals surface area contributed by atoms with Crippen LogP contribution in [0.3, 0.4) is 0 Å². The van der Waals surface area contributed by atoms with Gasteiger partial charge in [-0.05, 0) is 30.5 Å². The molecule has 0 aliphatic carbocycles. The average molecular weight is 269 g/mol. The minimum Gasteiger partial charge on any atom is -0.313 e. The number of rotatable bonds is 8. The highest BCUT2D eigenvalue weighted by molar-refractivity contribution is 7.99. The molecule has 0 fully saturated rings. The maximum Gasteiger partial charge on any atom is 0.137 e. The summed E-state index contributed by atoms with van der Waals surface area (Å²) in [4.78, 5) is 0.821. The van der Waals surface area contributed by atoms with E-state index in [-0.39, 0.29) is 5.82 Å². The van der Waals surface area contributed by atoms with E-state index in [2.05, 4.69) is 26.1 Å². The molecule has 0 bridgehead atoms. The third-order valence-electron chi connectivity index (χ3n) is 3.00. The lowest BCUT2D eigenvalue weighted by Gasteiger charge is -2.13. The zero-order valence-corrected chi connectivity index (χ0v) is 12.4. The zero-order chi connectivity index (χ0) is 13.4. The molecule has 3 heteroatoms. The zero-order valence-electron chi connectivity index (χ0n) is 11.6. The van der Waals surface area contributed by atoms with E-state index in [0.717, 1.165) is 42.1 Å². The highest BCUT2D eigenvalue weighted by Crippen LogP contribution is 2.28. The van der Waals surface area contributed by atoms with Gasteiger partial charge in [0.15, 0.2) is 0 Å². The molecule has 0 amide bonds. The molecule has 1 aromatic rings. The monoisotopic (exact) mass is 269 g/mol. The molecule has 0 aliphatic rings. The van der Waals surface area contributed by atoms with Crippen molar-refractivity contribution < 1.29 is 4.39 Å². The summed E-state index contributed by atoms with van der Waals surface area (Å²) >= 11 is 1.65. The van der Waals surface area contributed by atoms with Crippen molar-refractivity contribution in [3.8, 4) is 0 Å². The van der Waals surface area contributed by atoms with Crippen molar-refractivity contribution in [2.24, 2.45) is 5.92 Å². The fraction of sp³-hybridized carbons (Fsp3) is 0.600. The minimum absolute atomic E-state index is 0.0842. The molecule has 1 rings (SSSR count). The van der Waals surface area contributed by atoms with Crippen molar-refractivity contribution in [2.75, 3.05) is 12.3 Å². The summed E-state index contributed by atoms with van der Waals surface area (Å²) in [7, 11) is 0. The van der Waals surface area contributed by atoms with Crippen molar-refractivity contribution in [3.05, 3.63) is 29.6 Å². The van der Waals surface area contributed by atoms with Gasteiger partial charge in [-0.1, -0.05) is 39.3 Å². The molecule has 0 saturated heterocycles. The predicted octanol–water partition coefficient (Wildman–Crippen LogP) is 4.46. The molecule has 1 unspecified atom stereocenters. The Kier molecular flexibility index (Phi) is 7.36. The Morgan fingerprint density at radius 3 is 2.78 bits per heavy atom. The Balaban J connectivity index is 2.67. The van der Waals surface area contributed by atoms with Crippen LogP contribution in [-0.2, 0) is 6.54 Å². The second kappa shape index (κ2) is 8.54. The number of hydrogen-bond acceptors (Lipinski definition) is 2. The first-order valence-electron chi connectivity index (χ1n) is 6.79. The lowest BCUT2D eigenvalue weighted by atomic mass is 10.2. The summed E-state index contributed by atoms with van der Waals surface area (Å²) in [5.41, 5.74) is 1.08. The molecule has 1 N–H and O–H groups in total. The second-order valence-corrected chi connectivity index (χ2v) is 5.76. The van der Waals surface area contributed by atoms with Crippen molar-refractivity contribution >= 4 is 11.8 Å². The van der Waals surface area contributed by atoms with Gasteiger partial charge in [0.2, 0.25) is 0 Å². The minimum atomic E-state index is -0.0842. The molecular formula is C15H24FNS. The predicted molar refractivity (Wildman–Crippen MR) is 78.6 cm³/mol. The van der Waals surface area contributed by atoms with Crippen molar-refractivity contribution in [1.29, 1.82) is 0 Å². The van der Waals surface area contributed by atoms with E-state index >= 15 is 0 Å². The highest BCUT2D eigenvalue weighted by atomic mass is 32.2. The molecule has 0 radical (unpaired) electrons. The van der Waals surface area contributed by atoms with Crippen LogP contribution in [0.15, 0.2) is 23.1 Å². The van der Waals surface area contributed by atoms with Crippen LogP contribution in [0.25, 0.3) is 0 Å². The highest BCUT2D eigenvalue weighted by Gasteiger charge is 2.10. The lowest BCUT2D eigenvalue weighted by molar-refractivity contribution is 0.586. The Hall–Kier alpha value is -0.540. The summed E-state index contributed by atoms with van der Waals surface area (Å²) in [6.07, 6.45) is 2.25. The van der Waals surface area contributed by atoms with Gasteiger partial charge >= 0.3 is 0 Å². The first-order chi connectivity index (χ1) is 8.69. The van der Waals surface area contributed by atoms with E-state index in [1.165, 1.54) is 0 Å². The third kappa shape index (κ3) is 4.99. The molecule has 1 nitrogen and oxygen atoms in total. The molecule has 0 aliphatic heterocycles. The van der Waals surface area contributed by atoms with Gasteiger partial charge in [-0.2, -0.15) is 0 Å². The molecule has 1 atom stereocenters. The SMILES string of the molecule is CCCNCc1cccc(F)c1SCC(C)CC. The maximum atomic E-state index is 13.9. The smallest absolute Gasteiger partial charge is 0.137 e. The summed E-state index contributed by atoms with van der Waals surface area (Å²) < 4.78 is 13.9. The molecule has 0 saturated carbocycles. The fourth-order valence-corrected chi connectivity index (χ4v) is 2.82. The summed E-state index contributed by atoms with van der Waals surface area (Å²) in [5.74, 6) is 1.53. The third-order valence-corrected chi connectivity index (χ3v) is 4.48. The molecule has 102 valence electrons. The number of thioether (sulfide) groups is 1. The standard InChI is InChI=1S/C15H24FNS/c1-4-9-17-10-13-7-6-8-14(16)15(13)18-11-12(3)5-2/h6-8,12,17H,4-5,9-11H2,1-3H3. The van der Waals surface area contributed by atoms with Crippen LogP contribution in [-0.4, -0.2) is 12.3 Å². The fourth-order valence-electron chi connectivity index (χ4n) is 1.60. The summed E-state index contributed by atoms with van der Waals surface area (Å²) in [5, 5.41) is 3.34. The normalized spacial score (nSPS) is 12.7. The summed E-state index contributed by atoms with van der Waals surface area (Å²) in [6.45, 7) is 8.26. The van der Waals surface area contributed by atoms with Gasteiger partial charge in [0.1, 0.15) is 5.82 Å². The number of halogens is 1. The van der Waals surface area contributed by atoms with Gasteiger partial charge in [0.25, 0.3) is 0 Å². The number of benzene rings is 1. The van der Waals surface area contributed by atoms with E-state index < -0.39 is 0 Å². The van der Waals surface area contributed by atoms with Crippen molar-refractivity contribution in [1.82, 2.24) is 5.32 Å². The van der Waals surface area contributed by atoms with Gasteiger partial charge in [0, 0.05) is 17.2 Å². The first kappa shape index (κ1) is 15.5. The Labute approximate surface area is 115 Å². The average Bonchev–Trinajstić information content (AvgIpc) is 2.38. The maximum absolute atomic E-state index is 13.9. The van der Waals surface area contributed by atoms with Gasteiger partial charge in [0.05, 0.1) is 0 Å². The van der Waals surface area contributed by atoms with Crippen LogP contribution in [0, 0.1) is 11.7 Å². The van der Waals surface area contributed by atoms with E-state index in [1.54, 1.807) is 23.9 Å². The molecule has 18 heavy (non-hydrogen) atoms. The molecule has 0 aromatic heterocycles. The van der Waals surface area contributed by atoms with Gasteiger partial charge in [-0.15, -0.1) is 11.8 Å². The lowest BCUT2D eigenvalue weighted by Crippen LogP contribution is -2.14. The van der Waals surface area contributed by atoms with E-state index in [9.17, 15) is 4.39 Å². The van der Waals surface area contributed by atoms with Crippen LogP contribution in [0.5, 0.6) is 0 Å². The molecular weight excluding hydrogens is 245 g/mol. The Bertz CT molecular complexity index is 354. The topological polar surface area (TPSA) is 12.0 Å². The molecule has 1 aromatic carbocycles. The molecule has 0 heterocycles. The van der Waals surface area contributed by atoms with Crippen LogP contribution < -0.4 is 5.32 Å². The number of hydrogen-bond donors (Lipinski definition) is 1. The van der Waals surface area contributed by atoms with E-state index in [1.807, 2.05) is 6.07 Å².